The van der Waals surface area contributed by atoms with Crippen LogP contribution in [0.3, 0.4) is 0 Å². The second kappa shape index (κ2) is 9.43. The van der Waals surface area contributed by atoms with Gasteiger partial charge in [0.05, 0.1) is 12.6 Å². The van der Waals surface area contributed by atoms with Crippen molar-refractivity contribution in [1.82, 2.24) is 4.90 Å². The van der Waals surface area contributed by atoms with E-state index in [0.29, 0.717) is 0 Å². The van der Waals surface area contributed by atoms with E-state index in [0.717, 1.165) is 22.5 Å². The van der Waals surface area contributed by atoms with Crippen molar-refractivity contribution >= 4 is 23.2 Å². The molecule has 1 atom stereocenters. The van der Waals surface area contributed by atoms with E-state index in [2.05, 4.69) is 31.4 Å². The van der Waals surface area contributed by atoms with Gasteiger partial charge in [0.2, 0.25) is 11.8 Å². The van der Waals surface area contributed by atoms with Gasteiger partial charge in [-0.3, -0.25) is 14.5 Å². The van der Waals surface area contributed by atoms with Crippen LogP contribution < -0.4 is 10.6 Å². The van der Waals surface area contributed by atoms with Gasteiger partial charge in [-0.25, -0.2) is 0 Å². The second-order valence-electron chi connectivity index (χ2n) is 9.23. The number of carbonyl (C=O) groups is 2. The van der Waals surface area contributed by atoms with Crippen molar-refractivity contribution in [2.24, 2.45) is 0 Å². The van der Waals surface area contributed by atoms with E-state index in [-0.39, 0.29) is 23.8 Å². The number of aryl methyl sites for hydroxylation is 3. The maximum Gasteiger partial charge on any atom is 0.241 e. The molecule has 1 unspecified atom stereocenters. The number of amides is 2. The van der Waals surface area contributed by atoms with Crippen molar-refractivity contribution in [3.05, 3.63) is 58.7 Å². The number of anilines is 2. The fourth-order valence-electron chi connectivity index (χ4n) is 3.42. The van der Waals surface area contributed by atoms with E-state index in [9.17, 15) is 9.59 Å². The lowest BCUT2D eigenvalue weighted by atomic mass is 9.87. The summed E-state index contributed by atoms with van der Waals surface area (Å²) in [5.41, 5.74) is 6.11. The number of nitrogens with one attached hydrogen (secondary N) is 2. The van der Waals surface area contributed by atoms with Crippen LogP contribution in [-0.2, 0) is 15.0 Å². The predicted octanol–water partition coefficient (Wildman–Crippen LogP) is 4.81. The first kappa shape index (κ1) is 23.6. The number of rotatable bonds is 6. The van der Waals surface area contributed by atoms with Gasteiger partial charge in [-0.2, -0.15) is 0 Å². The molecule has 30 heavy (non-hydrogen) atoms. The zero-order chi connectivity index (χ0) is 22.6. The lowest BCUT2D eigenvalue weighted by Gasteiger charge is -2.24. The molecule has 2 aromatic rings. The normalized spacial score (nSPS) is 12.6. The van der Waals surface area contributed by atoms with Crippen molar-refractivity contribution in [1.29, 1.82) is 0 Å². The summed E-state index contributed by atoms with van der Waals surface area (Å²) in [6.07, 6.45) is 0. The molecule has 0 heterocycles. The molecule has 0 saturated heterocycles. The Hall–Kier alpha value is -2.66. The molecule has 0 aromatic heterocycles. The van der Waals surface area contributed by atoms with Crippen LogP contribution in [0.15, 0.2) is 36.4 Å². The fourth-order valence-corrected chi connectivity index (χ4v) is 3.42. The minimum Gasteiger partial charge on any atom is -0.325 e. The SMILES string of the molecule is Cc1cc(C)c(NC(=O)CN(C)C(C)C(=O)Nc2ccc(C(C)(C)C)cc2)c(C)c1. The van der Waals surface area contributed by atoms with E-state index in [1.165, 1.54) is 11.1 Å². The minimum absolute atomic E-state index is 0.0670. The van der Waals surface area contributed by atoms with Crippen LogP contribution >= 0.6 is 0 Å². The van der Waals surface area contributed by atoms with Crippen molar-refractivity contribution in [3.63, 3.8) is 0 Å². The van der Waals surface area contributed by atoms with Crippen LogP contribution in [0.5, 0.6) is 0 Å². The molecule has 0 fully saturated rings. The smallest absolute Gasteiger partial charge is 0.241 e. The summed E-state index contributed by atoms with van der Waals surface area (Å²) in [7, 11) is 1.78. The van der Waals surface area contributed by atoms with Gasteiger partial charge in [0.15, 0.2) is 0 Å². The molecule has 0 radical (unpaired) electrons. The molecule has 0 bridgehead atoms. The molecule has 5 nitrogen and oxygen atoms in total. The topological polar surface area (TPSA) is 61.4 Å². The molecule has 0 aliphatic carbocycles. The van der Waals surface area contributed by atoms with E-state index < -0.39 is 6.04 Å². The van der Waals surface area contributed by atoms with E-state index in [4.69, 9.17) is 0 Å². The molecule has 0 saturated carbocycles. The third kappa shape index (κ3) is 6.17. The van der Waals surface area contributed by atoms with Crippen LogP contribution in [0.4, 0.5) is 11.4 Å². The van der Waals surface area contributed by atoms with E-state index >= 15 is 0 Å². The number of likely N-dealkylation sites (N-methyl/N-ethyl adjacent to an activating group) is 1. The highest BCUT2D eigenvalue weighted by atomic mass is 16.2. The van der Waals surface area contributed by atoms with Gasteiger partial charge < -0.3 is 10.6 Å². The molecule has 5 heteroatoms. The van der Waals surface area contributed by atoms with Crippen molar-refractivity contribution < 1.29 is 9.59 Å². The highest BCUT2D eigenvalue weighted by Crippen LogP contribution is 2.24. The summed E-state index contributed by atoms with van der Waals surface area (Å²) in [5.74, 6) is -0.279. The summed E-state index contributed by atoms with van der Waals surface area (Å²) in [6.45, 7) is 14.4. The molecular weight excluding hydrogens is 374 g/mol. The maximum absolute atomic E-state index is 12.6. The molecule has 0 spiro atoms. The Bertz CT molecular complexity index is 888. The fraction of sp³-hybridized carbons (Fsp3) is 0.440. The van der Waals surface area contributed by atoms with Crippen LogP contribution in [-0.4, -0.2) is 36.3 Å². The summed E-state index contributed by atoms with van der Waals surface area (Å²) < 4.78 is 0. The van der Waals surface area contributed by atoms with Gasteiger partial charge in [-0.1, -0.05) is 50.6 Å². The molecule has 2 rings (SSSR count). The van der Waals surface area contributed by atoms with Crippen molar-refractivity contribution in [2.45, 2.75) is 59.9 Å². The third-order valence-electron chi connectivity index (χ3n) is 5.39. The number of carbonyl (C=O) groups excluding carboxylic acids is 2. The number of nitrogens with zero attached hydrogens (tertiary/aromatic N) is 1. The summed E-state index contributed by atoms with van der Waals surface area (Å²) in [6, 6.07) is 11.5. The second-order valence-corrected chi connectivity index (χ2v) is 9.23. The first-order valence-corrected chi connectivity index (χ1v) is 10.4. The van der Waals surface area contributed by atoms with Gasteiger partial charge in [-0.15, -0.1) is 0 Å². The molecule has 0 aliphatic heterocycles. The number of benzene rings is 2. The third-order valence-corrected chi connectivity index (χ3v) is 5.39. The highest BCUT2D eigenvalue weighted by molar-refractivity contribution is 5.96. The van der Waals surface area contributed by atoms with Crippen LogP contribution in [0.2, 0.25) is 0 Å². The first-order chi connectivity index (χ1) is 13.9. The lowest BCUT2D eigenvalue weighted by molar-refractivity contribution is -0.122. The molecule has 2 amide bonds. The maximum atomic E-state index is 12.6. The molecule has 0 aliphatic rings. The zero-order valence-electron chi connectivity index (χ0n) is 19.5. The van der Waals surface area contributed by atoms with Gasteiger partial charge >= 0.3 is 0 Å². The average molecular weight is 410 g/mol. The summed E-state index contributed by atoms with van der Waals surface area (Å²) in [4.78, 5) is 26.9. The Morgan fingerprint density at radius 3 is 2.00 bits per heavy atom. The standard InChI is InChI=1S/C25H35N3O2/c1-16-13-17(2)23(18(3)14-16)27-22(29)15-28(8)19(4)24(30)26-21-11-9-20(10-12-21)25(5,6)7/h9-14,19H,15H2,1-8H3,(H,26,30)(H,27,29). The van der Waals surface area contributed by atoms with E-state index in [1.54, 1.807) is 18.9 Å². The molecule has 2 N–H and O–H groups in total. The quantitative estimate of drug-likeness (QED) is 0.720. The Balaban J connectivity index is 1.95. The minimum atomic E-state index is -0.446. The van der Waals surface area contributed by atoms with Gasteiger partial charge in [0, 0.05) is 11.4 Å². The summed E-state index contributed by atoms with van der Waals surface area (Å²) in [5, 5.41) is 5.92. The molecule has 162 valence electrons. The Kier molecular flexibility index (Phi) is 7.43. The molecular formula is C25H35N3O2. The first-order valence-electron chi connectivity index (χ1n) is 10.4. The van der Waals surface area contributed by atoms with Crippen LogP contribution in [0.1, 0.15) is 49.9 Å². The molecule has 2 aromatic carbocycles. The highest BCUT2D eigenvalue weighted by Gasteiger charge is 2.21. The van der Waals surface area contributed by atoms with Crippen LogP contribution in [0.25, 0.3) is 0 Å². The van der Waals surface area contributed by atoms with E-state index in [1.807, 2.05) is 57.2 Å². The van der Waals surface area contributed by atoms with Gasteiger partial charge in [0.1, 0.15) is 0 Å². The van der Waals surface area contributed by atoms with Crippen molar-refractivity contribution in [2.75, 3.05) is 24.2 Å². The number of hydrogen-bond acceptors (Lipinski definition) is 3. The summed E-state index contributed by atoms with van der Waals surface area (Å²) >= 11 is 0. The van der Waals surface area contributed by atoms with Gasteiger partial charge in [0.25, 0.3) is 0 Å². The van der Waals surface area contributed by atoms with Crippen molar-refractivity contribution in [3.8, 4) is 0 Å². The lowest BCUT2D eigenvalue weighted by Crippen LogP contribution is -2.43. The Morgan fingerprint density at radius 2 is 1.50 bits per heavy atom. The Morgan fingerprint density at radius 1 is 0.967 bits per heavy atom. The monoisotopic (exact) mass is 409 g/mol. The largest absolute Gasteiger partial charge is 0.325 e. The predicted molar refractivity (Wildman–Crippen MR) is 125 cm³/mol. The van der Waals surface area contributed by atoms with Gasteiger partial charge in [-0.05, 0) is 69.0 Å². The zero-order valence-corrected chi connectivity index (χ0v) is 19.5. The van der Waals surface area contributed by atoms with Crippen LogP contribution in [0, 0.1) is 20.8 Å². The number of hydrogen-bond donors (Lipinski definition) is 2. The average Bonchev–Trinajstić information content (AvgIpc) is 2.63. The Labute approximate surface area is 180 Å².